The molecule has 0 saturated carbocycles. The van der Waals surface area contributed by atoms with Crippen LogP contribution in [0.5, 0.6) is 0 Å². The zero-order chi connectivity index (χ0) is 15.2. The van der Waals surface area contributed by atoms with E-state index in [1.807, 2.05) is 31.4 Å². The number of allylic oxidation sites excluding steroid dienone is 2. The molecule has 0 aromatic rings. The summed E-state index contributed by atoms with van der Waals surface area (Å²) in [7, 11) is 1.69. The molecular weight excluding hydrogens is 284 g/mol. The van der Waals surface area contributed by atoms with Crippen LogP contribution in [0.25, 0.3) is 0 Å². The van der Waals surface area contributed by atoms with Gasteiger partial charge in [0.15, 0.2) is 0 Å². The van der Waals surface area contributed by atoms with Crippen LogP contribution < -0.4 is 11.2 Å². The van der Waals surface area contributed by atoms with E-state index in [2.05, 4.69) is 21.5 Å². The number of aliphatic imine (C=N–C) groups is 2. The number of amidine groups is 1. The molecule has 2 heterocycles. The van der Waals surface area contributed by atoms with Gasteiger partial charge in [-0.15, -0.1) is 0 Å². The van der Waals surface area contributed by atoms with Gasteiger partial charge in [-0.05, 0) is 37.0 Å². The third-order valence-corrected chi connectivity index (χ3v) is 4.20. The molecule has 112 valence electrons. The van der Waals surface area contributed by atoms with Crippen LogP contribution in [-0.4, -0.2) is 24.7 Å². The van der Waals surface area contributed by atoms with Gasteiger partial charge in [-0.2, -0.15) is 0 Å². The highest BCUT2D eigenvalue weighted by Gasteiger charge is 2.19. The molecule has 0 aromatic heterocycles. The molecule has 0 spiro atoms. The van der Waals surface area contributed by atoms with Gasteiger partial charge in [0.2, 0.25) is 0 Å². The Balaban J connectivity index is 2.03. The van der Waals surface area contributed by atoms with Gasteiger partial charge in [0.05, 0.1) is 10.6 Å². The van der Waals surface area contributed by atoms with Crippen LogP contribution in [0.1, 0.15) is 20.3 Å². The Morgan fingerprint density at radius 1 is 1.52 bits per heavy atom. The van der Waals surface area contributed by atoms with E-state index in [0.29, 0.717) is 5.84 Å². The minimum Gasteiger partial charge on any atom is -0.383 e. The lowest BCUT2D eigenvalue weighted by Crippen LogP contribution is -2.27. The van der Waals surface area contributed by atoms with Crippen LogP contribution in [-0.2, 0) is 4.84 Å². The van der Waals surface area contributed by atoms with E-state index >= 15 is 0 Å². The van der Waals surface area contributed by atoms with Crippen LogP contribution in [0.15, 0.2) is 56.0 Å². The summed E-state index contributed by atoms with van der Waals surface area (Å²) in [6.45, 7) is 3.96. The fourth-order valence-electron chi connectivity index (χ4n) is 1.88. The summed E-state index contributed by atoms with van der Waals surface area (Å²) in [5, 5.41) is 1.97. The van der Waals surface area contributed by atoms with Crippen molar-refractivity contribution < 1.29 is 4.84 Å². The van der Waals surface area contributed by atoms with Crippen LogP contribution in [0.4, 0.5) is 0 Å². The van der Waals surface area contributed by atoms with E-state index in [4.69, 9.17) is 10.6 Å². The highest BCUT2D eigenvalue weighted by Crippen LogP contribution is 2.29. The van der Waals surface area contributed by atoms with E-state index in [1.54, 1.807) is 25.0 Å². The smallest absolute Gasteiger partial charge is 0.132 e. The summed E-state index contributed by atoms with van der Waals surface area (Å²) in [5.41, 5.74) is 11.8. The van der Waals surface area contributed by atoms with Gasteiger partial charge in [-0.3, -0.25) is 20.3 Å². The Morgan fingerprint density at radius 2 is 2.33 bits per heavy atom. The normalized spacial score (nSPS) is 22.8. The van der Waals surface area contributed by atoms with E-state index < -0.39 is 0 Å². The number of thioether (sulfide) groups is 1. The first-order valence-electron chi connectivity index (χ1n) is 6.70. The first-order valence-corrected chi connectivity index (χ1v) is 7.58. The Morgan fingerprint density at radius 3 is 3.10 bits per heavy atom. The number of hydroxylamine groups is 1. The maximum absolute atomic E-state index is 5.90. The molecular formula is C15H20N4OS. The van der Waals surface area contributed by atoms with E-state index in [9.17, 15) is 0 Å². The number of nitrogens with one attached hydrogen (secondary N) is 1. The van der Waals surface area contributed by atoms with Crippen molar-refractivity contribution in [3.8, 4) is 0 Å². The lowest BCUT2D eigenvalue weighted by Gasteiger charge is -2.22. The summed E-state index contributed by atoms with van der Waals surface area (Å²) in [6, 6.07) is 0. The van der Waals surface area contributed by atoms with Gasteiger partial charge in [-0.25, -0.2) is 0 Å². The highest BCUT2D eigenvalue weighted by molar-refractivity contribution is 8.06. The number of hydrogen-bond acceptors (Lipinski definition) is 5. The van der Waals surface area contributed by atoms with Gasteiger partial charge >= 0.3 is 0 Å². The van der Waals surface area contributed by atoms with Crippen LogP contribution in [0, 0.1) is 0 Å². The van der Waals surface area contributed by atoms with E-state index in [1.165, 1.54) is 0 Å². The molecule has 0 aromatic carbocycles. The van der Waals surface area contributed by atoms with Crippen molar-refractivity contribution in [2.75, 3.05) is 7.05 Å². The minimum atomic E-state index is -0.167. The van der Waals surface area contributed by atoms with Crippen molar-refractivity contribution in [2.45, 2.75) is 26.4 Å². The van der Waals surface area contributed by atoms with Crippen LogP contribution in [0.3, 0.4) is 0 Å². The number of rotatable bonds is 4. The van der Waals surface area contributed by atoms with Gasteiger partial charge in [0.1, 0.15) is 11.9 Å². The second-order valence-electron chi connectivity index (χ2n) is 4.74. The summed E-state index contributed by atoms with van der Waals surface area (Å²) in [6.07, 6.45) is 8.42. The molecule has 0 saturated heterocycles. The molecule has 0 bridgehead atoms. The number of nitrogens with two attached hydrogens (primary N) is 1. The Labute approximate surface area is 129 Å². The first kappa shape index (κ1) is 15.6. The molecule has 21 heavy (non-hydrogen) atoms. The van der Waals surface area contributed by atoms with Crippen molar-refractivity contribution >= 4 is 23.3 Å². The van der Waals surface area contributed by atoms with Gasteiger partial charge in [0.25, 0.3) is 0 Å². The molecule has 0 amide bonds. The molecule has 3 N–H and O–H groups in total. The zero-order valence-corrected chi connectivity index (χ0v) is 13.3. The lowest BCUT2D eigenvalue weighted by atomic mass is 10.1. The predicted molar refractivity (Wildman–Crippen MR) is 89.9 cm³/mol. The summed E-state index contributed by atoms with van der Waals surface area (Å²) in [5.74, 6) is 0.535. The van der Waals surface area contributed by atoms with Crippen molar-refractivity contribution in [1.29, 1.82) is 0 Å². The maximum atomic E-state index is 5.90. The molecule has 2 aliphatic heterocycles. The standard InChI is InChI=1S/C15H20N4OS/c1-10-5-4-6-12(9-18-10)19-20-13-7-8-21-14(11(13)2)15(16)17-3/h4-5,7-9,13,19H,6H2,1-3H3,(H2,16,17). The largest absolute Gasteiger partial charge is 0.383 e. The van der Waals surface area contributed by atoms with Crippen LogP contribution >= 0.6 is 11.8 Å². The fraction of sp³-hybridized carbons (Fsp3) is 0.333. The molecule has 2 rings (SSSR count). The first-order chi connectivity index (χ1) is 10.1. The minimum absolute atomic E-state index is 0.167. The average molecular weight is 304 g/mol. The molecule has 5 nitrogen and oxygen atoms in total. The van der Waals surface area contributed by atoms with Crippen molar-refractivity contribution in [3.05, 3.63) is 46.0 Å². The topological polar surface area (TPSA) is 72.0 Å². The monoisotopic (exact) mass is 304 g/mol. The number of hydrogen-bond donors (Lipinski definition) is 2. The lowest BCUT2D eigenvalue weighted by molar-refractivity contribution is 0.0375. The van der Waals surface area contributed by atoms with E-state index in [0.717, 1.165) is 28.3 Å². The molecule has 0 aliphatic carbocycles. The third-order valence-electron chi connectivity index (χ3n) is 3.14. The quantitative estimate of drug-likeness (QED) is 0.476. The molecule has 0 fully saturated rings. The predicted octanol–water partition coefficient (Wildman–Crippen LogP) is 2.66. The molecule has 0 radical (unpaired) electrons. The van der Waals surface area contributed by atoms with Gasteiger partial charge in [0, 0.05) is 25.4 Å². The van der Waals surface area contributed by atoms with Gasteiger partial charge < -0.3 is 5.73 Å². The second-order valence-corrected chi connectivity index (χ2v) is 5.66. The molecule has 2 aliphatic rings. The third kappa shape index (κ3) is 4.09. The summed E-state index contributed by atoms with van der Waals surface area (Å²) in [4.78, 5) is 15.0. The SMILES string of the molecule is C/N=C(/N)C1=C(C)C(ONC2=CN=C(C)C=CC2)C=CS1. The fourth-order valence-corrected chi connectivity index (χ4v) is 2.75. The Hall–Kier alpha value is -1.79. The molecule has 6 heteroatoms. The average Bonchev–Trinajstić information content (AvgIpc) is 2.70. The van der Waals surface area contributed by atoms with Crippen LogP contribution in [0.2, 0.25) is 0 Å². The number of nitrogens with zero attached hydrogens (tertiary/aromatic N) is 2. The Bertz CT molecular complexity index is 584. The van der Waals surface area contributed by atoms with Crippen molar-refractivity contribution in [1.82, 2.24) is 5.48 Å². The maximum Gasteiger partial charge on any atom is 0.132 e. The van der Waals surface area contributed by atoms with Gasteiger partial charge in [-0.1, -0.05) is 17.8 Å². The zero-order valence-electron chi connectivity index (χ0n) is 12.5. The van der Waals surface area contributed by atoms with Crippen molar-refractivity contribution in [2.24, 2.45) is 15.7 Å². The Kier molecular flexibility index (Phi) is 5.41. The molecule has 1 unspecified atom stereocenters. The second kappa shape index (κ2) is 7.28. The molecule has 1 atom stereocenters. The summed E-state index contributed by atoms with van der Waals surface area (Å²) >= 11 is 1.56. The highest BCUT2D eigenvalue weighted by atomic mass is 32.2. The summed E-state index contributed by atoms with van der Waals surface area (Å²) < 4.78 is 0. The van der Waals surface area contributed by atoms with Crippen molar-refractivity contribution in [3.63, 3.8) is 0 Å². The van der Waals surface area contributed by atoms with E-state index in [-0.39, 0.29) is 6.10 Å².